The van der Waals surface area contributed by atoms with E-state index in [1.165, 1.54) is 0 Å². The maximum absolute atomic E-state index is 4.95. The predicted octanol–water partition coefficient (Wildman–Crippen LogP) is -2.67. The molecule has 0 bridgehead atoms. The van der Waals surface area contributed by atoms with E-state index < -0.39 is 13.0 Å². The fourth-order valence-electron chi connectivity index (χ4n) is 1.84. The van der Waals surface area contributed by atoms with Gasteiger partial charge in [0, 0.05) is 24.2 Å². The van der Waals surface area contributed by atoms with Crippen LogP contribution in [0.25, 0.3) is 22.6 Å². The largest absolute Gasteiger partial charge is 0.256 e. The third kappa shape index (κ3) is 14.6. The summed E-state index contributed by atoms with van der Waals surface area (Å²) in [6, 6.07) is 15.6. The Morgan fingerprint density at radius 3 is 1.38 bits per heavy atom. The zero-order valence-electron chi connectivity index (χ0n) is 14.6. The van der Waals surface area contributed by atoms with Crippen LogP contribution in [0.15, 0.2) is 67.1 Å². The van der Waals surface area contributed by atoms with Crippen molar-refractivity contribution in [2.24, 2.45) is 0 Å². The Kier molecular flexibility index (Phi) is 33.8. The number of hydrogen-bond donors (Lipinski definition) is 0. The van der Waals surface area contributed by atoms with Crippen LogP contribution >= 0.6 is 29.1 Å². The molecule has 0 amide bonds. The van der Waals surface area contributed by atoms with Crippen molar-refractivity contribution in [3.05, 3.63) is 67.1 Å². The Bertz CT molecular complexity index is 659. The van der Waals surface area contributed by atoms with Crippen LogP contribution in [0, 0.1) is 0 Å². The summed E-state index contributed by atoms with van der Waals surface area (Å²) in [5.74, 6) is 0. The molecule has 29 heavy (non-hydrogen) atoms. The Morgan fingerprint density at radius 1 is 0.552 bits per heavy atom. The summed E-state index contributed by atoms with van der Waals surface area (Å²) >= 11 is -1.75. The summed E-state index contributed by atoms with van der Waals surface area (Å²) in [6.45, 7) is 0. The van der Waals surface area contributed by atoms with Gasteiger partial charge in [0.1, 0.15) is 0 Å². The van der Waals surface area contributed by atoms with Crippen molar-refractivity contribution in [1.29, 1.82) is 0 Å². The second-order valence-electron chi connectivity index (χ2n) is 3.98. The van der Waals surface area contributed by atoms with Crippen LogP contribution in [0.2, 0.25) is 0 Å². The molecule has 3 rings (SSSR count). The molecule has 3 heterocycles. The Morgan fingerprint density at radius 2 is 0.966 bits per heavy atom. The molecule has 0 unspecified atom stereocenters. The van der Waals surface area contributed by atoms with Gasteiger partial charge in [0.2, 0.25) is 0 Å². The first-order valence-corrected chi connectivity index (χ1v) is 12.8. The summed E-state index contributed by atoms with van der Waals surface area (Å²) in [4.78, 5) is 13.1. The van der Waals surface area contributed by atoms with Crippen molar-refractivity contribution in [3.63, 3.8) is 0 Å². The van der Waals surface area contributed by atoms with Gasteiger partial charge in [0.05, 0.1) is 17.1 Å². The molecule has 0 saturated carbocycles. The first kappa shape index (κ1) is 42.2. The van der Waals surface area contributed by atoms with Gasteiger partial charge in [-0.15, -0.1) is 0 Å². The second kappa shape index (κ2) is 23.3. The summed E-state index contributed by atoms with van der Waals surface area (Å²) in [6.07, 6.45) is 5.33. The first-order valence-electron chi connectivity index (χ1n) is 6.13. The molecule has 170 valence electrons. The third-order valence-corrected chi connectivity index (χ3v) is 2.66. The number of nitrogens with zero attached hydrogens (tertiary/aromatic N) is 3. The smallest absolute Gasteiger partial charge is 0.0980 e. The summed E-state index contributed by atoms with van der Waals surface area (Å²) in [5, 5.41) is 0. The molecule has 12 N–H and O–H groups in total. The minimum Gasteiger partial charge on any atom is -0.256 e. The molecule has 3 aromatic rings. The normalized spacial score (nSPS) is 7.90. The van der Waals surface area contributed by atoms with Gasteiger partial charge in [-0.1, -0.05) is 12.1 Å². The van der Waals surface area contributed by atoms with Gasteiger partial charge >= 0.3 is 42.1 Å². The fourth-order valence-corrected chi connectivity index (χ4v) is 1.84. The fraction of sp³-hybridized carbons (Fsp3) is 0. The van der Waals surface area contributed by atoms with Gasteiger partial charge < -0.3 is 45.3 Å². The van der Waals surface area contributed by atoms with Crippen molar-refractivity contribution >= 4 is 29.1 Å². The second-order valence-corrected chi connectivity index (χ2v) is 11.9. The molecular weight excluding hydrogens is 561 g/mol. The molecular formula is C15H23Cl4N3O6Ru. The monoisotopic (exact) mass is 583 g/mol. The van der Waals surface area contributed by atoms with Crippen molar-refractivity contribution in [2.45, 2.75) is 0 Å². The number of pyridine rings is 3. The minimum absolute atomic E-state index is 0. The van der Waals surface area contributed by atoms with Gasteiger partial charge in [-0.2, -0.15) is 0 Å². The standard InChI is InChI=1S/C15H11N3.4ClH.6H2O.Ru/c1-3-9-16-13(7-1)12-6-5-11-18-15(12)14-8-2-4-10-17-14;;;;;;;;;;;/h1-11H;4*1H;6*1H2;/q;;;;;;;;;;;+4/p-4. The van der Waals surface area contributed by atoms with Crippen molar-refractivity contribution < 1.29 is 58.2 Å². The third-order valence-electron chi connectivity index (χ3n) is 2.66. The van der Waals surface area contributed by atoms with E-state index in [9.17, 15) is 0 Å². The Labute approximate surface area is 191 Å². The Hall–Kier alpha value is -1.01. The van der Waals surface area contributed by atoms with Gasteiger partial charge in [0.15, 0.2) is 0 Å². The van der Waals surface area contributed by atoms with Crippen LogP contribution in [0.1, 0.15) is 0 Å². The van der Waals surface area contributed by atoms with Crippen molar-refractivity contribution in [2.75, 3.05) is 0 Å². The van der Waals surface area contributed by atoms with E-state index in [0.717, 1.165) is 22.6 Å². The molecule has 0 aromatic carbocycles. The molecule has 0 radical (unpaired) electrons. The van der Waals surface area contributed by atoms with E-state index in [-0.39, 0.29) is 45.3 Å². The van der Waals surface area contributed by atoms with E-state index in [1.807, 2.05) is 48.5 Å². The maximum Gasteiger partial charge on any atom is 0.0980 e. The molecule has 0 aliphatic carbocycles. The quantitative estimate of drug-likeness (QED) is 0.294. The van der Waals surface area contributed by atoms with Crippen LogP contribution in [0.4, 0.5) is 0 Å². The molecule has 0 atom stereocenters. The maximum atomic E-state index is 4.95. The summed E-state index contributed by atoms with van der Waals surface area (Å²) in [7, 11) is 14.8. The van der Waals surface area contributed by atoms with Crippen molar-refractivity contribution in [1.82, 2.24) is 15.0 Å². The molecule has 14 heteroatoms. The minimum atomic E-state index is -1.75. The summed E-state index contributed by atoms with van der Waals surface area (Å²) in [5.41, 5.74) is 3.62. The van der Waals surface area contributed by atoms with E-state index in [0.29, 0.717) is 0 Å². The van der Waals surface area contributed by atoms with Crippen LogP contribution in [-0.2, 0) is 13.0 Å². The van der Waals surface area contributed by atoms with E-state index >= 15 is 0 Å². The average molecular weight is 584 g/mol. The molecule has 0 fully saturated rings. The van der Waals surface area contributed by atoms with Gasteiger partial charge in [-0.25, -0.2) is 0 Å². The zero-order chi connectivity index (χ0) is 15.8. The van der Waals surface area contributed by atoms with E-state index in [1.54, 1.807) is 18.6 Å². The predicted molar refractivity (Wildman–Crippen MR) is 110 cm³/mol. The number of rotatable bonds is 2. The van der Waals surface area contributed by atoms with Crippen LogP contribution in [-0.4, -0.2) is 47.8 Å². The van der Waals surface area contributed by atoms with Crippen molar-refractivity contribution in [3.8, 4) is 22.6 Å². The van der Waals surface area contributed by atoms with Gasteiger partial charge in [-0.3, -0.25) is 15.0 Å². The average Bonchev–Trinajstić information content (AvgIpc) is 2.56. The molecule has 0 saturated heterocycles. The molecule has 0 aliphatic rings. The van der Waals surface area contributed by atoms with Crippen LogP contribution < -0.4 is 12.4 Å². The topological polar surface area (TPSA) is 228 Å². The molecule has 0 spiro atoms. The van der Waals surface area contributed by atoms with Crippen LogP contribution in [0.5, 0.6) is 0 Å². The van der Waals surface area contributed by atoms with Crippen LogP contribution in [0.3, 0.4) is 0 Å². The SMILES string of the molecule is O.O.O.O.O.O.[Cl-].[Cl][Ru+]([Cl])[Cl].c1ccc(-c2cccnc2-c2ccccn2)nc1. The summed E-state index contributed by atoms with van der Waals surface area (Å²) < 4.78 is 0. The number of halogens is 4. The molecule has 3 aromatic heterocycles. The zero-order valence-corrected chi connectivity index (χ0v) is 19.3. The Balaban J connectivity index is -0.000000111. The van der Waals surface area contributed by atoms with E-state index in [2.05, 4.69) is 15.0 Å². The molecule has 9 nitrogen and oxygen atoms in total. The van der Waals surface area contributed by atoms with Gasteiger partial charge in [0.25, 0.3) is 0 Å². The number of aromatic nitrogens is 3. The first-order chi connectivity index (χ1) is 10.7. The van der Waals surface area contributed by atoms with E-state index in [4.69, 9.17) is 29.1 Å². The number of hydrogen-bond acceptors (Lipinski definition) is 3. The van der Waals surface area contributed by atoms with Gasteiger partial charge in [-0.05, 0) is 36.4 Å². The molecule has 0 aliphatic heterocycles.